The first-order chi connectivity index (χ1) is 8.74. The first-order valence-electron chi connectivity index (χ1n) is 5.27. The Morgan fingerprint density at radius 1 is 1.28 bits per heavy atom. The van der Waals surface area contributed by atoms with Crippen molar-refractivity contribution in [3.63, 3.8) is 0 Å². The third-order valence-corrected chi connectivity index (χ3v) is 2.53. The SMILES string of the molecule is CN(c1ccc(C#N)cc1)c1cc(NN)ncn1. The van der Waals surface area contributed by atoms with Gasteiger partial charge < -0.3 is 10.3 Å². The van der Waals surface area contributed by atoms with E-state index in [4.69, 9.17) is 11.1 Å². The lowest BCUT2D eigenvalue weighted by Gasteiger charge is -2.18. The zero-order valence-corrected chi connectivity index (χ0v) is 9.83. The minimum atomic E-state index is 0.542. The first kappa shape index (κ1) is 11.8. The van der Waals surface area contributed by atoms with Crippen LogP contribution in [0.2, 0.25) is 0 Å². The summed E-state index contributed by atoms with van der Waals surface area (Å²) in [6.45, 7) is 0. The van der Waals surface area contributed by atoms with Gasteiger partial charge in [-0.3, -0.25) is 0 Å². The summed E-state index contributed by atoms with van der Waals surface area (Å²) in [5.74, 6) is 6.55. The van der Waals surface area contributed by atoms with Crippen molar-refractivity contribution < 1.29 is 0 Å². The summed E-state index contributed by atoms with van der Waals surface area (Å²) < 4.78 is 0. The molecular weight excluding hydrogens is 228 g/mol. The number of hydrogen-bond donors (Lipinski definition) is 2. The van der Waals surface area contributed by atoms with Crippen LogP contribution in [0.1, 0.15) is 5.56 Å². The molecule has 90 valence electrons. The molecule has 6 heteroatoms. The molecule has 1 aromatic heterocycles. The average Bonchev–Trinajstić information content (AvgIpc) is 2.46. The number of anilines is 3. The number of rotatable bonds is 3. The summed E-state index contributed by atoms with van der Waals surface area (Å²) in [6.07, 6.45) is 1.44. The van der Waals surface area contributed by atoms with Gasteiger partial charge in [-0.15, -0.1) is 0 Å². The quantitative estimate of drug-likeness (QED) is 0.622. The molecule has 0 saturated heterocycles. The van der Waals surface area contributed by atoms with Crippen LogP contribution >= 0.6 is 0 Å². The summed E-state index contributed by atoms with van der Waals surface area (Å²) in [5.41, 5.74) is 4.02. The van der Waals surface area contributed by atoms with Crippen molar-refractivity contribution in [3.05, 3.63) is 42.2 Å². The lowest BCUT2D eigenvalue weighted by molar-refractivity contribution is 1.07. The third kappa shape index (κ3) is 2.36. The van der Waals surface area contributed by atoms with Crippen molar-refractivity contribution in [3.8, 4) is 6.07 Å². The second-order valence-corrected chi connectivity index (χ2v) is 3.62. The van der Waals surface area contributed by atoms with E-state index < -0.39 is 0 Å². The van der Waals surface area contributed by atoms with Crippen LogP contribution in [0.3, 0.4) is 0 Å². The van der Waals surface area contributed by atoms with Gasteiger partial charge in [-0.25, -0.2) is 15.8 Å². The monoisotopic (exact) mass is 240 g/mol. The highest BCUT2D eigenvalue weighted by Crippen LogP contribution is 2.22. The number of nitriles is 1. The molecule has 0 aliphatic rings. The van der Waals surface area contributed by atoms with E-state index in [2.05, 4.69) is 21.5 Å². The van der Waals surface area contributed by atoms with Crippen molar-refractivity contribution in [2.45, 2.75) is 0 Å². The van der Waals surface area contributed by atoms with E-state index in [0.717, 1.165) is 5.69 Å². The lowest BCUT2D eigenvalue weighted by atomic mass is 10.2. The maximum atomic E-state index is 8.75. The minimum absolute atomic E-state index is 0.542. The van der Waals surface area contributed by atoms with E-state index in [-0.39, 0.29) is 0 Å². The van der Waals surface area contributed by atoms with E-state index in [9.17, 15) is 0 Å². The second-order valence-electron chi connectivity index (χ2n) is 3.62. The topological polar surface area (TPSA) is 90.9 Å². The van der Waals surface area contributed by atoms with Crippen molar-refractivity contribution in [2.24, 2.45) is 5.84 Å². The molecule has 3 N–H and O–H groups in total. The Morgan fingerprint density at radius 3 is 2.61 bits per heavy atom. The molecule has 0 bridgehead atoms. The van der Waals surface area contributed by atoms with Gasteiger partial charge in [0.2, 0.25) is 0 Å². The number of aromatic nitrogens is 2. The maximum Gasteiger partial charge on any atom is 0.145 e. The van der Waals surface area contributed by atoms with E-state index in [1.807, 2.05) is 24.1 Å². The van der Waals surface area contributed by atoms with Crippen molar-refractivity contribution in [1.82, 2.24) is 9.97 Å². The first-order valence-corrected chi connectivity index (χ1v) is 5.27. The van der Waals surface area contributed by atoms with Gasteiger partial charge >= 0.3 is 0 Å². The number of hydrogen-bond acceptors (Lipinski definition) is 6. The molecule has 0 radical (unpaired) electrons. The molecule has 0 fully saturated rings. The molecule has 6 nitrogen and oxygen atoms in total. The lowest BCUT2D eigenvalue weighted by Crippen LogP contribution is -2.14. The van der Waals surface area contributed by atoms with Crippen LogP contribution in [0.15, 0.2) is 36.7 Å². The van der Waals surface area contributed by atoms with Crippen molar-refractivity contribution in [1.29, 1.82) is 5.26 Å². The predicted molar refractivity (Wildman–Crippen MR) is 69.1 cm³/mol. The molecule has 18 heavy (non-hydrogen) atoms. The van der Waals surface area contributed by atoms with Crippen LogP contribution in [0.5, 0.6) is 0 Å². The van der Waals surface area contributed by atoms with Crippen molar-refractivity contribution >= 4 is 17.3 Å². The average molecular weight is 240 g/mol. The minimum Gasteiger partial charge on any atom is -0.329 e. The molecule has 0 aliphatic carbocycles. The second kappa shape index (κ2) is 5.12. The number of nitrogens with one attached hydrogen (secondary N) is 1. The molecule has 1 aromatic carbocycles. The Morgan fingerprint density at radius 2 is 2.00 bits per heavy atom. The Kier molecular flexibility index (Phi) is 3.36. The number of nitrogens with zero attached hydrogens (tertiary/aromatic N) is 4. The smallest absolute Gasteiger partial charge is 0.145 e. The van der Waals surface area contributed by atoms with Gasteiger partial charge in [-0.1, -0.05) is 0 Å². The molecule has 0 unspecified atom stereocenters. The zero-order chi connectivity index (χ0) is 13.0. The van der Waals surface area contributed by atoms with Gasteiger partial charge in [0.15, 0.2) is 0 Å². The molecule has 1 heterocycles. The van der Waals surface area contributed by atoms with Crippen LogP contribution in [0, 0.1) is 11.3 Å². The van der Waals surface area contributed by atoms with Crippen LogP contribution in [-0.4, -0.2) is 17.0 Å². The Balaban J connectivity index is 2.29. The third-order valence-electron chi connectivity index (χ3n) is 2.53. The van der Waals surface area contributed by atoms with Crippen LogP contribution in [0.25, 0.3) is 0 Å². The van der Waals surface area contributed by atoms with Gasteiger partial charge in [-0.05, 0) is 24.3 Å². The van der Waals surface area contributed by atoms with Crippen molar-refractivity contribution in [2.75, 3.05) is 17.4 Å². The normalized spacial score (nSPS) is 9.61. The van der Waals surface area contributed by atoms with Crippen LogP contribution in [-0.2, 0) is 0 Å². The fourth-order valence-electron chi connectivity index (χ4n) is 1.50. The summed E-state index contributed by atoms with van der Waals surface area (Å²) in [7, 11) is 1.88. The maximum absolute atomic E-state index is 8.75. The predicted octanol–water partition coefficient (Wildman–Crippen LogP) is 1.40. The molecule has 2 aromatic rings. The van der Waals surface area contributed by atoms with Gasteiger partial charge in [0.05, 0.1) is 11.6 Å². The van der Waals surface area contributed by atoms with Gasteiger partial charge in [-0.2, -0.15) is 5.26 Å². The zero-order valence-electron chi connectivity index (χ0n) is 9.83. The summed E-state index contributed by atoms with van der Waals surface area (Å²) in [5, 5.41) is 8.75. The van der Waals surface area contributed by atoms with E-state index in [1.54, 1.807) is 18.2 Å². The summed E-state index contributed by atoms with van der Waals surface area (Å²) in [4.78, 5) is 9.98. The highest BCUT2D eigenvalue weighted by molar-refractivity contribution is 5.62. The molecular formula is C12H12N6. The highest BCUT2D eigenvalue weighted by Gasteiger charge is 2.06. The molecule has 0 aliphatic heterocycles. The standard InChI is InChI=1S/C12H12N6/c1-18(10-4-2-9(7-13)3-5-10)12-6-11(17-14)15-8-16-12/h2-6,8H,14H2,1H3,(H,15,16,17). The van der Waals surface area contributed by atoms with Gasteiger partial charge in [0.25, 0.3) is 0 Å². The Bertz CT molecular complexity index is 572. The Hall–Kier alpha value is -2.65. The summed E-state index contributed by atoms with van der Waals surface area (Å²) >= 11 is 0. The van der Waals surface area contributed by atoms with Gasteiger partial charge in [0.1, 0.15) is 18.0 Å². The summed E-state index contributed by atoms with van der Waals surface area (Å²) in [6, 6.07) is 11.0. The molecule has 0 saturated carbocycles. The number of nitrogen functional groups attached to an aromatic ring is 1. The number of hydrazine groups is 1. The van der Waals surface area contributed by atoms with Gasteiger partial charge in [0, 0.05) is 18.8 Å². The molecule has 0 amide bonds. The highest BCUT2D eigenvalue weighted by atomic mass is 15.3. The largest absolute Gasteiger partial charge is 0.329 e. The van der Waals surface area contributed by atoms with E-state index >= 15 is 0 Å². The number of nitrogens with two attached hydrogens (primary N) is 1. The molecule has 0 atom stereocenters. The van der Waals surface area contributed by atoms with Crippen LogP contribution in [0.4, 0.5) is 17.3 Å². The molecule has 0 spiro atoms. The fraction of sp³-hybridized carbons (Fsp3) is 0.0833. The fourth-order valence-corrected chi connectivity index (χ4v) is 1.50. The van der Waals surface area contributed by atoms with E-state index in [1.165, 1.54) is 6.33 Å². The Labute approximate surface area is 105 Å². The van der Waals surface area contributed by atoms with E-state index in [0.29, 0.717) is 17.2 Å². The number of benzene rings is 1. The van der Waals surface area contributed by atoms with Crippen LogP contribution < -0.4 is 16.2 Å². The molecule has 2 rings (SSSR count).